The maximum absolute atomic E-state index is 13.8. The highest BCUT2D eigenvalue weighted by molar-refractivity contribution is 5.95. The number of imidazole rings is 1. The number of carbonyl (C=O) groups is 1. The molecule has 0 radical (unpaired) electrons. The van der Waals surface area contributed by atoms with Gasteiger partial charge in [-0.2, -0.15) is 0 Å². The Hall–Kier alpha value is -3.20. The topological polar surface area (TPSA) is 87.3 Å². The molecule has 1 fully saturated rings. The summed E-state index contributed by atoms with van der Waals surface area (Å²) in [4.78, 5) is 20.6. The minimum Gasteiger partial charge on any atom is -0.491 e. The van der Waals surface area contributed by atoms with Crippen molar-refractivity contribution in [2.45, 2.75) is 59.1 Å². The first-order chi connectivity index (χ1) is 16.2. The van der Waals surface area contributed by atoms with E-state index in [1.807, 2.05) is 45.8 Å². The lowest BCUT2D eigenvalue weighted by Crippen LogP contribution is -2.55. The number of amides is 1. The van der Waals surface area contributed by atoms with Crippen molar-refractivity contribution in [2.24, 2.45) is 7.05 Å². The number of benzene rings is 1. The van der Waals surface area contributed by atoms with Gasteiger partial charge in [-0.25, -0.2) is 4.98 Å². The molecule has 0 saturated carbocycles. The lowest BCUT2D eigenvalue weighted by atomic mass is 9.97. The SMILES string of the molecule is Cc1cc2c(cc1OC(C)C)-n1c(-c3cn(C)nn3)nc(C(=O)N3CCOCC3(C)C)c1CC2. The molecule has 0 unspecified atom stereocenters. The number of hydrogen-bond donors (Lipinski definition) is 0. The number of morpholine rings is 1. The van der Waals surface area contributed by atoms with Gasteiger partial charge in [-0.05, 0) is 58.6 Å². The van der Waals surface area contributed by atoms with Crippen LogP contribution in [0.2, 0.25) is 0 Å². The molecule has 1 amide bonds. The van der Waals surface area contributed by atoms with E-state index in [-0.39, 0.29) is 12.0 Å². The Morgan fingerprint density at radius 1 is 1.24 bits per heavy atom. The summed E-state index contributed by atoms with van der Waals surface area (Å²) in [6.45, 7) is 11.7. The van der Waals surface area contributed by atoms with Crippen LogP contribution in [0, 0.1) is 6.92 Å². The average molecular weight is 465 g/mol. The third-order valence-electron chi connectivity index (χ3n) is 6.51. The van der Waals surface area contributed by atoms with Crippen LogP contribution in [0.5, 0.6) is 5.75 Å². The molecule has 180 valence electrons. The molecule has 9 heteroatoms. The zero-order chi connectivity index (χ0) is 24.2. The molecule has 0 bridgehead atoms. The second-order valence-corrected chi connectivity index (χ2v) is 10.1. The lowest BCUT2D eigenvalue weighted by molar-refractivity contribution is -0.0373. The molecule has 2 aliphatic rings. The first-order valence-corrected chi connectivity index (χ1v) is 11.8. The van der Waals surface area contributed by atoms with Gasteiger partial charge in [-0.1, -0.05) is 11.3 Å². The molecular formula is C25H32N6O3. The van der Waals surface area contributed by atoms with Crippen LogP contribution >= 0.6 is 0 Å². The van der Waals surface area contributed by atoms with Crippen molar-refractivity contribution in [1.29, 1.82) is 0 Å². The fourth-order valence-corrected chi connectivity index (χ4v) is 4.88. The van der Waals surface area contributed by atoms with Gasteiger partial charge >= 0.3 is 0 Å². The minimum atomic E-state index is -0.402. The Bertz CT molecular complexity index is 1260. The average Bonchev–Trinajstić information content (AvgIpc) is 3.37. The second-order valence-electron chi connectivity index (χ2n) is 10.1. The highest BCUT2D eigenvalue weighted by Crippen LogP contribution is 2.37. The summed E-state index contributed by atoms with van der Waals surface area (Å²) in [5.41, 5.74) is 4.89. The van der Waals surface area contributed by atoms with E-state index in [2.05, 4.69) is 33.9 Å². The Labute approximate surface area is 199 Å². The molecule has 0 N–H and O–H groups in total. The number of hydrogen-bond acceptors (Lipinski definition) is 6. The van der Waals surface area contributed by atoms with Crippen molar-refractivity contribution in [3.63, 3.8) is 0 Å². The number of rotatable bonds is 4. The van der Waals surface area contributed by atoms with Gasteiger partial charge in [0.25, 0.3) is 5.91 Å². The van der Waals surface area contributed by atoms with Crippen LogP contribution in [0.4, 0.5) is 0 Å². The maximum atomic E-state index is 13.8. The summed E-state index contributed by atoms with van der Waals surface area (Å²) in [6.07, 6.45) is 3.44. The van der Waals surface area contributed by atoms with E-state index in [1.165, 1.54) is 5.56 Å². The van der Waals surface area contributed by atoms with E-state index >= 15 is 0 Å². The number of fused-ring (bicyclic) bond motifs is 3. The predicted molar refractivity (Wildman–Crippen MR) is 127 cm³/mol. The van der Waals surface area contributed by atoms with Crippen LogP contribution in [0.3, 0.4) is 0 Å². The van der Waals surface area contributed by atoms with Crippen LogP contribution in [0.25, 0.3) is 17.2 Å². The Morgan fingerprint density at radius 3 is 2.71 bits per heavy atom. The van der Waals surface area contributed by atoms with E-state index in [4.69, 9.17) is 14.5 Å². The molecule has 2 aromatic heterocycles. The van der Waals surface area contributed by atoms with Gasteiger partial charge in [0.15, 0.2) is 11.5 Å². The van der Waals surface area contributed by atoms with Crippen LogP contribution in [-0.2, 0) is 24.6 Å². The highest BCUT2D eigenvalue weighted by atomic mass is 16.5. The maximum Gasteiger partial charge on any atom is 0.274 e. The summed E-state index contributed by atoms with van der Waals surface area (Å²) in [5, 5.41) is 8.44. The van der Waals surface area contributed by atoms with Gasteiger partial charge in [0.2, 0.25) is 0 Å². The summed E-state index contributed by atoms with van der Waals surface area (Å²) < 4.78 is 15.5. The zero-order valence-corrected chi connectivity index (χ0v) is 20.8. The Kier molecular flexibility index (Phi) is 5.47. The first-order valence-electron chi connectivity index (χ1n) is 11.8. The van der Waals surface area contributed by atoms with Crippen LogP contribution in [-0.4, -0.2) is 66.8 Å². The highest BCUT2D eigenvalue weighted by Gasteiger charge is 2.38. The van der Waals surface area contributed by atoms with E-state index < -0.39 is 5.54 Å². The summed E-state index contributed by atoms with van der Waals surface area (Å²) in [5.74, 6) is 1.39. The number of aromatic nitrogens is 5. The molecule has 5 rings (SSSR count). The van der Waals surface area contributed by atoms with E-state index in [1.54, 1.807) is 4.68 Å². The van der Waals surface area contributed by atoms with E-state index in [0.29, 0.717) is 37.0 Å². The number of nitrogens with zero attached hydrogens (tertiary/aromatic N) is 6. The summed E-state index contributed by atoms with van der Waals surface area (Å²) in [6, 6.07) is 4.25. The number of aryl methyl sites for hydroxylation is 3. The molecule has 1 aromatic carbocycles. The van der Waals surface area contributed by atoms with E-state index in [9.17, 15) is 4.79 Å². The van der Waals surface area contributed by atoms with Crippen LogP contribution < -0.4 is 4.74 Å². The molecule has 0 spiro atoms. The molecule has 9 nitrogen and oxygen atoms in total. The molecular weight excluding hydrogens is 432 g/mol. The van der Waals surface area contributed by atoms with Gasteiger partial charge in [-0.3, -0.25) is 14.0 Å². The summed E-state index contributed by atoms with van der Waals surface area (Å²) >= 11 is 0. The standard InChI is InChI=1S/C25H32N6O3/c1-15(2)34-21-12-20-17(11-16(21)3)7-8-19-22(24(32)30-9-10-33-14-25(30,4)5)26-23(31(19)20)18-13-29(6)28-27-18/h11-13,15H,7-10,14H2,1-6H3. The third kappa shape index (κ3) is 3.77. The van der Waals surface area contributed by atoms with Gasteiger partial charge in [0.1, 0.15) is 11.4 Å². The quantitative estimate of drug-likeness (QED) is 0.590. The van der Waals surface area contributed by atoms with Crippen molar-refractivity contribution < 1.29 is 14.3 Å². The van der Waals surface area contributed by atoms with Crippen LogP contribution in [0.15, 0.2) is 18.3 Å². The number of carbonyl (C=O) groups excluding carboxylic acids is 1. The van der Waals surface area contributed by atoms with Gasteiger partial charge in [0.05, 0.1) is 42.4 Å². The molecule has 4 heterocycles. The molecule has 34 heavy (non-hydrogen) atoms. The van der Waals surface area contributed by atoms with Crippen molar-refractivity contribution in [3.05, 3.63) is 40.8 Å². The fourth-order valence-electron chi connectivity index (χ4n) is 4.88. The van der Waals surface area contributed by atoms with E-state index in [0.717, 1.165) is 35.5 Å². The van der Waals surface area contributed by atoms with Crippen molar-refractivity contribution in [1.82, 2.24) is 29.4 Å². The fraction of sp³-hybridized carbons (Fsp3) is 0.520. The van der Waals surface area contributed by atoms with Gasteiger partial charge in [-0.15, -0.1) is 5.10 Å². The van der Waals surface area contributed by atoms with Crippen LogP contribution in [0.1, 0.15) is 55.0 Å². The van der Waals surface area contributed by atoms with Gasteiger partial charge < -0.3 is 14.4 Å². The van der Waals surface area contributed by atoms with Crippen molar-refractivity contribution in [3.8, 4) is 23.0 Å². The first kappa shape index (κ1) is 22.6. The largest absolute Gasteiger partial charge is 0.491 e. The molecule has 3 aromatic rings. The van der Waals surface area contributed by atoms with Crippen molar-refractivity contribution >= 4 is 5.91 Å². The minimum absolute atomic E-state index is 0.0581. The molecule has 2 aliphatic heterocycles. The Morgan fingerprint density at radius 2 is 2.03 bits per heavy atom. The Balaban J connectivity index is 1.69. The van der Waals surface area contributed by atoms with Gasteiger partial charge in [0, 0.05) is 19.7 Å². The predicted octanol–water partition coefficient (Wildman–Crippen LogP) is 3.11. The monoisotopic (exact) mass is 464 g/mol. The number of ether oxygens (including phenoxy) is 2. The van der Waals surface area contributed by atoms with Crippen molar-refractivity contribution in [2.75, 3.05) is 19.8 Å². The zero-order valence-electron chi connectivity index (χ0n) is 20.8. The third-order valence-corrected chi connectivity index (χ3v) is 6.51. The normalized spacial score (nSPS) is 17.0. The second kappa shape index (κ2) is 8.23. The summed E-state index contributed by atoms with van der Waals surface area (Å²) in [7, 11) is 1.82. The lowest BCUT2D eigenvalue weighted by Gasteiger charge is -2.41. The molecule has 0 aliphatic carbocycles. The molecule has 1 saturated heterocycles. The molecule has 0 atom stereocenters. The smallest absolute Gasteiger partial charge is 0.274 e.